The number of ether oxygens (including phenoxy) is 2. The number of benzene rings is 3. The molecule has 0 spiro atoms. The summed E-state index contributed by atoms with van der Waals surface area (Å²) in [6.45, 7) is 1.16. The number of rotatable bonds is 8. The molecule has 31 heavy (non-hydrogen) atoms. The Bertz CT molecular complexity index is 1100. The third-order valence-corrected chi connectivity index (χ3v) is 4.28. The number of halogens is 1. The SMILES string of the molecule is CC(=O)c1cccc(NC(=O)COC(=O)c2cccc(OCc3ccc(F)cc3)c2)c1. The highest BCUT2D eigenvalue weighted by Crippen LogP contribution is 2.17. The summed E-state index contributed by atoms with van der Waals surface area (Å²) >= 11 is 0. The number of carbonyl (C=O) groups is 3. The van der Waals surface area contributed by atoms with Crippen molar-refractivity contribution in [2.24, 2.45) is 0 Å². The number of nitrogens with one attached hydrogen (secondary N) is 1. The highest BCUT2D eigenvalue weighted by atomic mass is 19.1. The largest absolute Gasteiger partial charge is 0.489 e. The van der Waals surface area contributed by atoms with Crippen LogP contribution in [0.3, 0.4) is 0 Å². The van der Waals surface area contributed by atoms with Gasteiger partial charge in [-0.25, -0.2) is 9.18 Å². The van der Waals surface area contributed by atoms with Crippen LogP contribution in [0, 0.1) is 5.82 Å². The van der Waals surface area contributed by atoms with Crippen molar-refractivity contribution in [3.05, 3.63) is 95.3 Å². The number of amides is 1. The van der Waals surface area contributed by atoms with Crippen molar-refractivity contribution in [2.45, 2.75) is 13.5 Å². The second kappa shape index (κ2) is 10.2. The molecule has 0 fully saturated rings. The van der Waals surface area contributed by atoms with E-state index in [4.69, 9.17) is 9.47 Å². The summed E-state index contributed by atoms with van der Waals surface area (Å²) in [5, 5.41) is 2.58. The van der Waals surface area contributed by atoms with Gasteiger partial charge in [0.25, 0.3) is 5.91 Å². The zero-order valence-electron chi connectivity index (χ0n) is 16.8. The predicted molar refractivity (Wildman–Crippen MR) is 113 cm³/mol. The standard InChI is InChI=1S/C24H20FNO5/c1-16(27)18-4-2-6-21(12-18)26-23(28)15-31-24(29)19-5-3-7-22(13-19)30-14-17-8-10-20(25)11-9-17/h2-13H,14-15H2,1H3,(H,26,28). The number of esters is 1. The van der Waals surface area contributed by atoms with Crippen molar-refractivity contribution in [2.75, 3.05) is 11.9 Å². The summed E-state index contributed by atoms with van der Waals surface area (Å²) in [5.74, 6) is -1.23. The van der Waals surface area contributed by atoms with Gasteiger partial charge in [0, 0.05) is 11.3 Å². The molecule has 3 aromatic carbocycles. The van der Waals surface area contributed by atoms with Crippen LogP contribution in [0.1, 0.15) is 33.2 Å². The molecule has 0 radical (unpaired) electrons. The second-order valence-corrected chi connectivity index (χ2v) is 6.70. The lowest BCUT2D eigenvalue weighted by Crippen LogP contribution is -2.21. The molecule has 0 atom stereocenters. The fraction of sp³-hybridized carbons (Fsp3) is 0.125. The number of Topliss-reactive ketones (excluding diaryl/α,β-unsaturated/α-hetero) is 1. The van der Waals surface area contributed by atoms with Crippen LogP contribution in [-0.2, 0) is 16.1 Å². The fourth-order valence-electron chi connectivity index (χ4n) is 2.69. The average Bonchev–Trinajstić information content (AvgIpc) is 2.77. The summed E-state index contributed by atoms with van der Waals surface area (Å²) in [5.41, 5.74) is 1.90. The Labute approximate surface area is 178 Å². The third-order valence-electron chi connectivity index (χ3n) is 4.28. The van der Waals surface area contributed by atoms with Crippen LogP contribution in [0.15, 0.2) is 72.8 Å². The van der Waals surface area contributed by atoms with Crippen molar-refractivity contribution in [1.82, 2.24) is 0 Å². The first-order chi connectivity index (χ1) is 14.9. The first-order valence-electron chi connectivity index (χ1n) is 9.46. The lowest BCUT2D eigenvalue weighted by atomic mass is 10.1. The van der Waals surface area contributed by atoms with Crippen molar-refractivity contribution in [1.29, 1.82) is 0 Å². The monoisotopic (exact) mass is 421 g/mol. The van der Waals surface area contributed by atoms with Crippen molar-refractivity contribution in [3.8, 4) is 5.75 Å². The molecular weight excluding hydrogens is 401 g/mol. The van der Waals surface area contributed by atoms with Crippen molar-refractivity contribution < 1.29 is 28.2 Å². The van der Waals surface area contributed by atoms with E-state index in [1.54, 1.807) is 54.6 Å². The minimum absolute atomic E-state index is 0.121. The minimum atomic E-state index is -0.681. The minimum Gasteiger partial charge on any atom is -0.489 e. The van der Waals surface area contributed by atoms with Gasteiger partial charge < -0.3 is 14.8 Å². The van der Waals surface area contributed by atoms with Gasteiger partial charge in [-0.15, -0.1) is 0 Å². The molecule has 7 heteroatoms. The van der Waals surface area contributed by atoms with E-state index in [1.807, 2.05) is 0 Å². The van der Waals surface area contributed by atoms with Gasteiger partial charge in [-0.1, -0.05) is 30.3 Å². The normalized spacial score (nSPS) is 10.3. The van der Waals surface area contributed by atoms with Gasteiger partial charge in [-0.3, -0.25) is 9.59 Å². The van der Waals surface area contributed by atoms with Crippen LogP contribution >= 0.6 is 0 Å². The fourth-order valence-corrected chi connectivity index (χ4v) is 2.69. The molecular formula is C24H20FNO5. The zero-order valence-corrected chi connectivity index (χ0v) is 16.8. The predicted octanol–water partition coefficient (Wildman–Crippen LogP) is 4.40. The first kappa shape index (κ1) is 21.7. The van der Waals surface area contributed by atoms with E-state index in [9.17, 15) is 18.8 Å². The van der Waals surface area contributed by atoms with E-state index >= 15 is 0 Å². The summed E-state index contributed by atoms with van der Waals surface area (Å²) in [6.07, 6.45) is 0. The smallest absolute Gasteiger partial charge is 0.338 e. The molecule has 1 amide bonds. The van der Waals surface area contributed by atoms with Crippen LogP contribution in [0.5, 0.6) is 5.75 Å². The highest BCUT2D eigenvalue weighted by molar-refractivity contribution is 5.98. The Morgan fingerprint density at radius 3 is 2.35 bits per heavy atom. The molecule has 0 heterocycles. The first-order valence-corrected chi connectivity index (χ1v) is 9.46. The number of ketones is 1. The molecule has 0 unspecified atom stereocenters. The molecule has 3 aromatic rings. The van der Waals surface area contributed by atoms with Gasteiger partial charge in [0.15, 0.2) is 12.4 Å². The van der Waals surface area contributed by atoms with Gasteiger partial charge in [-0.05, 0) is 55.0 Å². The van der Waals surface area contributed by atoms with E-state index < -0.39 is 18.5 Å². The summed E-state index contributed by atoms with van der Waals surface area (Å²) in [7, 11) is 0. The van der Waals surface area contributed by atoms with Gasteiger partial charge in [0.1, 0.15) is 18.2 Å². The Balaban J connectivity index is 1.52. The maximum atomic E-state index is 13.0. The molecule has 0 aliphatic carbocycles. The molecule has 0 aromatic heterocycles. The molecule has 0 aliphatic heterocycles. The lowest BCUT2D eigenvalue weighted by Gasteiger charge is -2.09. The summed E-state index contributed by atoms with van der Waals surface area (Å²) in [6, 6.07) is 18.7. The molecule has 0 saturated heterocycles. The highest BCUT2D eigenvalue weighted by Gasteiger charge is 2.12. The van der Waals surface area contributed by atoms with Crippen LogP contribution in [0.2, 0.25) is 0 Å². The Morgan fingerprint density at radius 2 is 1.61 bits per heavy atom. The number of anilines is 1. The van der Waals surface area contributed by atoms with E-state index in [2.05, 4.69) is 5.32 Å². The number of hydrogen-bond acceptors (Lipinski definition) is 5. The van der Waals surface area contributed by atoms with Crippen molar-refractivity contribution >= 4 is 23.3 Å². The molecule has 1 N–H and O–H groups in total. The third kappa shape index (κ3) is 6.50. The van der Waals surface area contributed by atoms with E-state index in [0.717, 1.165) is 5.56 Å². The Kier molecular flexibility index (Phi) is 7.11. The molecule has 0 bridgehead atoms. The quantitative estimate of drug-likeness (QED) is 0.431. The summed E-state index contributed by atoms with van der Waals surface area (Å²) in [4.78, 5) is 35.7. The molecule has 6 nitrogen and oxygen atoms in total. The van der Waals surface area contributed by atoms with Gasteiger partial charge in [0.05, 0.1) is 5.56 Å². The zero-order chi connectivity index (χ0) is 22.2. The van der Waals surface area contributed by atoms with Crippen LogP contribution < -0.4 is 10.1 Å². The van der Waals surface area contributed by atoms with E-state index in [1.165, 1.54) is 25.1 Å². The second-order valence-electron chi connectivity index (χ2n) is 6.70. The molecule has 158 valence electrons. The van der Waals surface area contributed by atoms with Gasteiger partial charge >= 0.3 is 5.97 Å². The van der Waals surface area contributed by atoms with E-state index in [0.29, 0.717) is 17.0 Å². The van der Waals surface area contributed by atoms with Crippen LogP contribution in [0.25, 0.3) is 0 Å². The summed E-state index contributed by atoms with van der Waals surface area (Å²) < 4.78 is 23.6. The van der Waals surface area contributed by atoms with Gasteiger partial charge in [0.2, 0.25) is 0 Å². The number of carbonyl (C=O) groups excluding carboxylic acids is 3. The average molecular weight is 421 g/mol. The Hall–Kier alpha value is -4.00. The lowest BCUT2D eigenvalue weighted by molar-refractivity contribution is -0.119. The van der Waals surface area contributed by atoms with Gasteiger partial charge in [-0.2, -0.15) is 0 Å². The van der Waals surface area contributed by atoms with Crippen LogP contribution in [-0.4, -0.2) is 24.3 Å². The Morgan fingerprint density at radius 1 is 0.903 bits per heavy atom. The van der Waals surface area contributed by atoms with E-state index in [-0.39, 0.29) is 23.8 Å². The maximum Gasteiger partial charge on any atom is 0.338 e. The number of hydrogen-bond donors (Lipinski definition) is 1. The molecule has 0 aliphatic rings. The molecule has 3 rings (SSSR count). The maximum absolute atomic E-state index is 13.0. The van der Waals surface area contributed by atoms with Crippen LogP contribution in [0.4, 0.5) is 10.1 Å². The topological polar surface area (TPSA) is 81.7 Å². The van der Waals surface area contributed by atoms with Crippen molar-refractivity contribution in [3.63, 3.8) is 0 Å². The molecule has 0 saturated carbocycles.